The Morgan fingerprint density at radius 3 is 2.55 bits per heavy atom. The second-order valence-electron chi connectivity index (χ2n) is 5.27. The van der Waals surface area contributed by atoms with Gasteiger partial charge in [-0.05, 0) is 37.6 Å². The van der Waals surface area contributed by atoms with Crippen molar-refractivity contribution >= 4 is 5.69 Å². The molecule has 0 aromatic heterocycles. The molecular formula is C14H18F4N2. The molecular weight excluding hydrogens is 272 g/mol. The molecule has 20 heavy (non-hydrogen) atoms. The minimum atomic E-state index is -4.45. The van der Waals surface area contributed by atoms with Crippen LogP contribution in [-0.4, -0.2) is 26.2 Å². The Kier molecular flexibility index (Phi) is 4.22. The molecule has 1 saturated heterocycles. The van der Waals surface area contributed by atoms with Crippen molar-refractivity contribution < 1.29 is 17.6 Å². The highest BCUT2D eigenvalue weighted by atomic mass is 19.4. The number of nitrogens with one attached hydrogen (secondary N) is 1. The van der Waals surface area contributed by atoms with Gasteiger partial charge in [0, 0.05) is 19.1 Å². The molecule has 6 heteroatoms. The molecule has 1 N–H and O–H groups in total. The molecule has 0 amide bonds. The number of halogens is 4. The zero-order valence-electron chi connectivity index (χ0n) is 11.5. The SMILES string of the molecule is CNC1CCN(c2cc(C(F)(F)F)ccc2F)CC1C. The number of nitrogens with zero attached hydrogens (tertiary/aromatic N) is 1. The lowest BCUT2D eigenvalue weighted by molar-refractivity contribution is -0.137. The molecule has 1 aromatic carbocycles. The Bertz CT molecular complexity index is 473. The van der Waals surface area contributed by atoms with Gasteiger partial charge in [-0.2, -0.15) is 13.2 Å². The third kappa shape index (κ3) is 3.06. The minimum Gasteiger partial charge on any atom is -0.369 e. The Hall–Kier alpha value is -1.30. The first-order valence-electron chi connectivity index (χ1n) is 6.62. The summed E-state index contributed by atoms with van der Waals surface area (Å²) in [5.74, 6) is -0.351. The Morgan fingerprint density at radius 2 is 2.00 bits per heavy atom. The van der Waals surface area contributed by atoms with Gasteiger partial charge in [0.05, 0.1) is 11.3 Å². The number of piperidine rings is 1. The predicted molar refractivity (Wildman–Crippen MR) is 70.2 cm³/mol. The maximum Gasteiger partial charge on any atom is 0.416 e. The van der Waals surface area contributed by atoms with Crippen molar-refractivity contribution in [3.63, 3.8) is 0 Å². The summed E-state index contributed by atoms with van der Waals surface area (Å²) < 4.78 is 52.0. The molecule has 0 bridgehead atoms. The van der Waals surface area contributed by atoms with Crippen molar-refractivity contribution in [3.05, 3.63) is 29.6 Å². The standard InChI is InChI=1S/C14H18F4N2/c1-9-8-20(6-5-12(9)19-2)13-7-10(14(16,17)18)3-4-11(13)15/h3-4,7,9,12,19H,5-6,8H2,1-2H3. The summed E-state index contributed by atoms with van der Waals surface area (Å²) in [4.78, 5) is 1.70. The molecule has 1 heterocycles. The van der Waals surface area contributed by atoms with E-state index in [1.165, 1.54) is 0 Å². The first kappa shape index (κ1) is 15.1. The fourth-order valence-corrected chi connectivity index (χ4v) is 2.72. The van der Waals surface area contributed by atoms with E-state index in [0.717, 1.165) is 24.6 Å². The van der Waals surface area contributed by atoms with Crippen molar-refractivity contribution in [3.8, 4) is 0 Å². The smallest absolute Gasteiger partial charge is 0.369 e. The second-order valence-corrected chi connectivity index (χ2v) is 5.27. The van der Waals surface area contributed by atoms with Crippen molar-refractivity contribution in [2.75, 3.05) is 25.0 Å². The largest absolute Gasteiger partial charge is 0.416 e. The lowest BCUT2D eigenvalue weighted by atomic mass is 9.93. The monoisotopic (exact) mass is 290 g/mol. The van der Waals surface area contributed by atoms with Crippen LogP contribution in [0, 0.1) is 11.7 Å². The summed E-state index contributed by atoms with van der Waals surface area (Å²) in [7, 11) is 1.86. The molecule has 0 aliphatic carbocycles. The molecule has 2 unspecified atom stereocenters. The fraction of sp³-hybridized carbons (Fsp3) is 0.571. The minimum absolute atomic E-state index is 0.0428. The number of rotatable bonds is 2. The molecule has 0 saturated carbocycles. The van der Waals surface area contributed by atoms with Crippen LogP contribution in [-0.2, 0) is 6.18 Å². The molecule has 2 rings (SSSR count). The van der Waals surface area contributed by atoms with Crippen LogP contribution in [0.3, 0.4) is 0 Å². The number of hydrogen-bond donors (Lipinski definition) is 1. The highest BCUT2D eigenvalue weighted by molar-refractivity contribution is 5.51. The highest BCUT2D eigenvalue weighted by Crippen LogP contribution is 2.34. The topological polar surface area (TPSA) is 15.3 Å². The van der Waals surface area contributed by atoms with E-state index in [1.807, 2.05) is 14.0 Å². The van der Waals surface area contributed by atoms with E-state index >= 15 is 0 Å². The van der Waals surface area contributed by atoms with Crippen molar-refractivity contribution in [1.82, 2.24) is 5.32 Å². The van der Waals surface area contributed by atoms with E-state index in [1.54, 1.807) is 4.90 Å². The summed E-state index contributed by atoms with van der Waals surface area (Å²) in [5.41, 5.74) is -0.765. The average molecular weight is 290 g/mol. The van der Waals surface area contributed by atoms with Gasteiger partial charge in [0.1, 0.15) is 5.82 Å². The Labute approximate surface area is 115 Å². The summed E-state index contributed by atoms with van der Waals surface area (Å²) in [6.45, 7) is 3.11. The summed E-state index contributed by atoms with van der Waals surface area (Å²) in [5, 5.41) is 3.18. The third-order valence-electron chi connectivity index (χ3n) is 3.89. The van der Waals surface area contributed by atoms with E-state index in [2.05, 4.69) is 5.32 Å². The van der Waals surface area contributed by atoms with Crippen LogP contribution < -0.4 is 10.2 Å². The van der Waals surface area contributed by atoms with Crippen molar-refractivity contribution in [1.29, 1.82) is 0 Å². The lowest BCUT2D eigenvalue weighted by Gasteiger charge is -2.38. The third-order valence-corrected chi connectivity index (χ3v) is 3.89. The molecule has 1 aliphatic heterocycles. The van der Waals surface area contributed by atoms with Crippen LogP contribution in [0.4, 0.5) is 23.2 Å². The van der Waals surface area contributed by atoms with E-state index < -0.39 is 17.6 Å². The van der Waals surface area contributed by atoms with Gasteiger partial charge in [-0.25, -0.2) is 4.39 Å². The van der Waals surface area contributed by atoms with E-state index in [0.29, 0.717) is 19.1 Å². The zero-order chi connectivity index (χ0) is 14.9. The van der Waals surface area contributed by atoms with Crippen LogP contribution in [0.25, 0.3) is 0 Å². The van der Waals surface area contributed by atoms with Crippen molar-refractivity contribution in [2.45, 2.75) is 25.6 Å². The quantitative estimate of drug-likeness (QED) is 0.841. The molecule has 1 aliphatic rings. The van der Waals surface area contributed by atoms with Gasteiger partial charge in [0.2, 0.25) is 0 Å². The van der Waals surface area contributed by atoms with E-state index in [9.17, 15) is 17.6 Å². The Morgan fingerprint density at radius 1 is 1.30 bits per heavy atom. The molecule has 112 valence electrons. The Balaban J connectivity index is 2.25. The average Bonchev–Trinajstić information content (AvgIpc) is 2.37. The van der Waals surface area contributed by atoms with Crippen LogP contribution in [0.1, 0.15) is 18.9 Å². The second kappa shape index (κ2) is 5.60. The van der Waals surface area contributed by atoms with Crippen LogP contribution in [0.15, 0.2) is 18.2 Å². The van der Waals surface area contributed by atoms with Crippen LogP contribution in [0.2, 0.25) is 0 Å². The van der Waals surface area contributed by atoms with E-state index in [-0.39, 0.29) is 11.6 Å². The van der Waals surface area contributed by atoms with Gasteiger partial charge in [-0.3, -0.25) is 0 Å². The molecule has 1 fully saturated rings. The lowest BCUT2D eigenvalue weighted by Crippen LogP contribution is -2.47. The number of alkyl halides is 3. The molecule has 1 aromatic rings. The summed E-state index contributed by atoms with van der Waals surface area (Å²) in [6, 6.07) is 2.90. The van der Waals surface area contributed by atoms with Crippen LogP contribution >= 0.6 is 0 Å². The van der Waals surface area contributed by atoms with E-state index in [4.69, 9.17) is 0 Å². The predicted octanol–water partition coefficient (Wildman–Crippen LogP) is 3.28. The van der Waals surface area contributed by atoms with Gasteiger partial charge >= 0.3 is 6.18 Å². The maximum atomic E-state index is 13.8. The normalized spacial score (nSPS) is 24.0. The van der Waals surface area contributed by atoms with Gasteiger partial charge in [-0.1, -0.05) is 6.92 Å². The fourth-order valence-electron chi connectivity index (χ4n) is 2.72. The number of benzene rings is 1. The summed E-state index contributed by atoms with van der Waals surface area (Å²) in [6.07, 6.45) is -3.66. The maximum absolute atomic E-state index is 13.8. The molecule has 2 atom stereocenters. The molecule has 2 nitrogen and oxygen atoms in total. The van der Waals surface area contributed by atoms with Gasteiger partial charge < -0.3 is 10.2 Å². The zero-order valence-corrected chi connectivity index (χ0v) is 11.5. The number of hydrogen-bond acceptors (Lipinski definition) is 2. The molecule has 0 radical (unpaired) electrons. The first-order valence-corrected chi connectivity index (χ1v) is 6.62. The van der Waals surface area contributed by atoms with Gasteiger partial charge in [0.15, 0.2) is 0 Å². The summed E-state index contributed by atoms with van der Waals surface area (Å²) >= 11 is 0. The van der Waals surface area contributed by atoms with Crippen molar-refractivity contribution in [2.24, 2.45) is 5.92 Å². The first-order chi connectivity index (χ1) is 9.32. The van der Waals surface area contributed by atoms with Gasteiger partial charge in [0.25, 0.3) is 0 Å². The number of anilines is 1. The van der Waals surface area contributed by atoms with Gasteiger partial charge in [-0.15, -0.1) is 0 Å². The molecule has 0 spiro atoms. The van der Waals surface area contributed by atoms with Crippen LogP contribution in [0.5, 0.6) is 0 Å². The highest BCUT2D eigenvalue weighted by Gasteiger charge is 2.33.